The topological polar surface area (TPSA) is 51.2 Å². The minimum Gasteiger partial charge on any atom is -0.289 e. The first-order valence-corrected chi connectivity index (χ1v) is 9.06. The number of benzene rings is 3. The number of ketones is 3. The Morgan fingerprint density at radius 3 is 1.48 bits per heavy atom. The van der Waals surface area contributed by atoms with Crippen LogP contribution in [0.1, 0.15) is 31.1 Å². The molecule has 0 N–H and O–H groups in total. The summed E-state index contributed by atoms with van der Waals surface area (Å²) in [6, 6.07) is 23.7. The maximum atomic E-state index is 12.9. The Kier molecular flexibility index (Phi) is 5.89. The highest BCUT2D eigenvalue weighted by Gasteiger charge is 2.22. The van der Waals surface area contributed by atoms with Gasteiger partial charge in [0.2, 0.25) is 0 Å². The maximum Gasteiger partial charge on any atom is 0.197 e. The van der Waals surface area contributed by atoms with Gasteiger partial charge in [-0.15, -0.1) is 0 Å². The molecule has 0 fully saturated rings. The number of carbonyl (C=O) groups is 3. The van der Waals surface area contributed by atoms with Crippen molar-refractivity contribution in [2.24, 2.45) is 0 Å². The van der Waals surface area contributed by atoms with Gasteiger partial charge in [-0.25, -0.2) is 0 Å². The monoisotopic (exact) mass is 418 g/mol. The highest BCUT2D eigenvalue weighted by atomic mass is 79.9. The Balaban J connectivity index is 2.04. The van der Waals surface area contributed by atoms with Gasteiger partial charge in [0, 0.05) is 27.2 Å². The van der Waals surface area contributed by atoms with Crippen LogP contribution in [0.25, 0.3) is 0 Å². The molecule has 0 saturated heterocycles. The maximum absolute atomic E-state index is 12.9. The van der Waals surface area contributed by atoms with E-state index in [-0.39, 0.29) is 5.57 Å². The molecule has 27 heavy (non-hydrogen) atoms. The van der Waals surface area contributed by atoms with Gasteiger partial charge < -0.3 is 0 Å². The van der Waals surface area contributed by atoms with Crippen LogP contribution in [-0.4, -0.2) is 17.3 Å². The molecule has 0 bridgehead atoms. The lowest BCUT2D eigenvalue weighted by Gasteiger charge is -2.07. The number of hydrogen-bond acceptors (Lipinski definition) is 3. The molecule has 0 aromatic heterocycles. The Morgan fingerprint density at radius 2 is 1.04 bits per heavy atom. The van der Waals surface area contributed by atoms with E-state index in [9.17, 15) is 14.4 Å². The van der Waals surface area contributed by atoms with E-state index in [4.69, 9.17) is 0 Å². The van der Waals surface area contributed by atoms with Gasteiger partial charge in [0.05, 0.1) is 5.57 Å². The largest absolute Gasteiger partial charge is 0.289 e. The quantitative estimate of drug-likeness (QED) is 0.235. The summed E-state index contributed by atoms with van der Waals surface area (Å²) in [5, 5.41) is 0. The van der Waals surface area contributed by atoms with Gasteiger partial charge in [-0.05, 0) is 24.3 Å². The summed E-state index contributed by atoms with van der Waals surface area (Å²) in [6.45, 7) is 0. The van der Waals surface area contributed by atoms with Crippen molar-refractivity contribution >= 4 is 33.3 Å². The van der Waals surface area contributed by atoms with E-state index in [1.807, 2.05) is 0 Å². The standard InChI is InChI=1S/C23H15BrO3/c24-19-13-11-16(12-14-19)21(25)15-20(22(26)17-7-3-1-4-8-17)23(27)18-9-5-2-6-10-18/h1-15H. The Hall–Kier alpha value is -3.11. The van der Waals surface area contributed by atoms with E-state index in [0.717, 1.165) is 10.5 Å². The average molecular weight is 419 g/mol. The molecule has 0 saturated carbocycles. The normalized spacial score (nSPS) is 10.1. The second-order valence-corrected chi connectivity index (χ2v) is 6.74. The second kappa shape index (κ2) is 8.52. The van der Waals surface area contributed by atoms with Crippen molar-refractivity contribution < 1.29 is 14.4 Å². The van der Waals surface area contributed by atoms with E-state index in [1.54, 1.807) is 84.9 Å². The van der Waals surface area contributed by atoms with Crippen LogP contribution in [0.2, 0.25) is 0 Å². The van der Waals surface area contributed by atoms with Crippen molar-refractivity contribution in [3.05, 3.63) is 118 Å². The van der Waals surface area contributed by atoms with E-state index in [2.05, 4.69) is 15.9 Å². The summed E-state index contributed by atoms with van der Waals surface area (Å²) in [6.07, 6.45) is 1.13. The fourth-order valence-electron chi connectivity index (χ4n) is 2.55. The molecule has 0 aliphatic heterocycles. The number of Topliss-reactive ketones (excluding diaryl/α,β-unsaturated/α-hetero) is 2. The van der Waals surface area contributed by atoms with Crippen LogP contribution in [0.3, 0.4) is 0 Å². The molecule has 4 heteroatoms. The highest BCUT2D eigenvalue weighted by molar-refractivity contribution is 9.10. The number of allylic oxidation sites excluding steroid dienone is 2. The molecule has 3 aromatic carbocycles. The summed E-state index contributed by atoms with van der Waals surface area (Å²) in [4.78, 5) is 38.5. The number of halogens is 1. The van der Waals surface area contributed by atoms with Crippen molar-refractivity contribution in [3.8, 4) is 0 Å². The first kappa shape index (κ1) is 18.7. The fourth-order valence-corrected chi connectivity index (χ4v) is 2.82. The molecule has 0 aliphatic carbocycles. The minimum atomic E-state index is -0.477. The lowest BCUT2D eigenvalue weighted by atomic mass is 9.94. The van der Waals surface area contributed by atoms with E-state index in [1.165, 1.54) is 0 Å². The molecule has 0 unspecified atom stereocenters. The minimum absolute atomic E-state index is 0.152. The molecular formula is C23H15BrO3. The molecule has 3 nitrogen and oxygen atoms in total. The van der Waals surface area contributed by atoms with Crippen molar-refractivity contribution in [3.63, 3.8) is 0 Å². The zero-order chi connectivity index (χ0) is 19.2. The van der Waals surface area contributed by atoms with E-state index in [0.29, 0.717) is 16.7 Å². The Morgan fingerprint density at radius 1 is 0.593 bits per heavy atom. The van der Waals surface area contributed by atoms with Gasteiger partial charge in [0.25, 0.3) is 0 Å². The van der Waals surface area contributed by atoms with Gasteiger partial charge in [-0.2, -0.15) is 0 Å². The highest BCUT2D eigenvalue weighted by Crippen LogP contribution is 2.17. The third kappa shape index (κ3) is 4.54. The summed E-state index contributed by atoms with van der Waals surface area (Å²) in [5.41, 5.74) is 0.964. The SMILES string of the molecule is O=C(C=C(C(=O)c1ccccc1)C(=O)c1ccccc1)c1ccc(Br)cc1. The average Bonchev–Trinajstić information content (AvgIpc) is 2.72. The molecule has 3 aromatic rings. The molecule has 132 valence electrons. The van der Waals surface area contributed by atoms with Crippen molar-refractivity contribution in [2.45, 2.75) is 0 Å². The molecule has 0 atom stereocenters. The predicted molar refractivity (Wildman–Crippen MR) is 108 cm³/mol. The molecule has 0 spiro atoms. The van der Waals surface area contributed by atoms with Crippen LogP contribution in [0.4, 0.5) is 0 Å². The molecule has 0 amide bonds. The van der Waals surface area contributed by atoms with Gasteiger partial charge in [-0.1, -0.05) is 76.6 Å². The molecule has 0 aliphatic rings. The summed E-state index contributed by atoms with van der Waals surface area (Å²) in [7, 11) is 0. The van der Waals surface area contributed by atoms with Crippen LogP contribution >= 0.6 is 15.9 Å². The Bertz CT molecular complexity index is 951. The second-order valence-electron chi connectivity index (χ2n) is 5.82. The lowest BCUT2D eigenvalue weighted by molar-refractivity contribution is 0.0948. The van der Waals surface area contributed by atoms with Gasteiger partial charge in [0.15, 0.2) is 17.3 Å². The van der Waals surface area contributed by atoms with E-state index >= 15 is 0 Å². The number of rotatable bonds is 6. The van der Waals surface area contributed by atoms with Crippen LogP contribution in [0.15, 0.2) is 101 Å². The van der Waals surface area contributed by atoms with Crippen molar-refractivity contribution in [1.82, 2.24) is 0 Å². The smallest absolute Gasteiger partial charge is 0.197 e. The molecular weight excluding hydrogens is 404 g/mol. The van der Waals surface area contributed by atoms with Crippen LogP contribution < -0.4 is 0 Å². The Labute approximate surface area is 165 Å². The first-order chi connectivity index (χ1) is 13.1. The third-order valence-corrected chi connectivity index (χ3v) is 4.49. The zero-order valence-corrected chi connectivity index (χ0v) is 15.8. The summed E-state index contributed by atoms with van der Waals surface area (Å²) >= 11 is 3.32. The summed E-state index contributed by atoms with van der Waals surface area (Å²) < 4.78 is 0.837. The van der Waals surface area contributed by atoms with Crippen LogP contribution in [-0.2, 0) is 0 Å². The molecule has 0 radical (unpaired) electrons. The first-order valence-electron chi connectivity index (χ1n) is 8.27. The fraction of sp³-hybridized carbons (Fsp3) is 0. The zero-order valence-electron chi connectivity index (χ0n) is 14.3. The predicted octanol–water partition coefficient (Wildman–Crippen LogP) is 5.32. The van der Waals surface area contributed by atoms with Gasteiger partial charge in [-0.3, -0.25) is 14.4 Å². The van der Waals surface area contributed by atoms with Crippen LogP contribution in [0, 0.1) is 0 Å². The number of hydrogen-bond donors (Lipinski definition) is 0. The lowest BCUT2D eigenvalue weighted by Crippen LogP contribution is -2.15. The van der Waals surface area contributed by atoms with Crippen molar-refractivity contribution in [1.29, 1.82) is 0 Å². The third-order valence-electron chi connectivity index (χ3n) is 3.97. The number of carbonyl (C=O) groups excluding carboxylic acids is 3. The summed E-state index contributed by atoms with van der Waals surface area (Å²) in [5.74, 6) is -1.35. The van der Waals surface area contributed by atoms with Crippen LogP contribution in [0.5, 0.6) is 0 Å². The van der Waals surface area contributed by atoms with E-state index < -0.39 is 17.3 Å². The molecule has 3 rings (SSSR count). The molecule has 0 heterocycles. The van der Waals surface area contributed by atoms with Gasteiger partial charge >= 0.3 is 0 Å². The van der Waals surface area contributed by atoms with Gasteiger partial charge in [0.1, 0.15) is 0 Å². The van der Waals surface area contributed by atoms with Crippen molar-refractivity contribution in [2.75, 3.05) is 0 Å².